The van der Waals surface area contributed by atoms with Crippen LogP contribution in [0.5, 0.6) is 0 Å². The van der Waals surface area contributed by atoms with E-state index in [-0.39, 0.29) is 23.3 Å². The van der Waals surface area contributed by atoms with Crippen LogP contribution in [0.25, 0.3) is 0 Å². The molecule has 0 aliphatic heterocycles. The number of carbonyl (C=O) groups is 2. The molecule has 0 unspecified atom stereocenters. The topological polar surface area (TPSA) is 109 Å². The van der Waals surface area contributed by atoms with Gasteiger partial charge < -0.3 is 0 Å². The Balaban J connectivity index is 1.34. The van der Waals surface area contributed by atoms with Crippen molar-refractivity contribution in [1.82, 2.24) is 21.0 Å². The Labute approximate surface area is 212 Å². The van der Waals surface area contributed by atoms with E-state index in [1.54, 1.807) is 48.5 Å². The number of hydrogen-bond donors (Lipinski definition) is 2. The van der Waals surface area contributed by atoms with E-state index in [1.807, 2.05) is 0 Å². The maximum Gasteiger partial charge on any atom is 0.250 e. The summed E-state index contributed by atoms with van der Waals surface area (Å²) >= 11 is 15.4. The molecule has 33 heavy (non-hydrogen) atoms. The normalized spacial score (nSPS) is 11.2. The minimum absolute atomic E-state index is 0.136. The summed E-state index contributed by atoms with van der Waals surface area (Å²) in [5.41, 5.74) is 6.54. The lowest BCUT2D eigenvalue weighted by Crippen LogP contribution is -2.19. The molecule has 170 valence electrons. The van der Waals surface area contributed by atoms with E-state index in [0.29, 0.717) is 18.7 Å². The molecule has 0 saturated carbocycles. The Hall–Kier alpha value is -2.44. The minimum atomic E-state index is -0.271. The highest BCUT2D eigenvalue weighted by Gasteiger charge is 2.10. The quantitative estimate of drug-likeness (QED) is 0.226. The molecule has 0 radical (unpaired) electrons. The number of thioether (sulfide) groups is 2. The van der Waals surface area contributed by atoms with Gasteiger partial charge in [-0.25, -0.2) is 10.9 Å². The maximum absolute atomic E-state index is 11.9. The van der Waals surface area contributed by atoms with Crippen LogP contribution in [0.2, 0.25) is 10.0 Å². The largest absolute Gasteiger partial charge is 0.272 e. The summed E-state index contributed by atoms with van der Waals surface area (Å²) in [6.07, 6.45) is 3.06. The molecule has 1 aromatic heterocycles. The number of rotatable bonds is 10. The Morgan fingerprint density at radius 2 is 1.18 bits per heavy atom. The van der Waals surface area contributed by atoms with Crippen LogP contribution in [0.15, 0.2) is 67.4 Å². The lowest BCUT2D eigenvalue weighted by atomic mass is 10.2. The second-order valence-corrected chi connectivity index (χ2v) is 10.4. The number of benzene rings is 2. The van der Waals surface area contributed by atoms with Gasteiger partial charge in [0.05, 0.1) is 23.9 Å². The lowest BCUT2D eigenvalue weighted by molar-refractivity contribution is -0.119. The number of hydrazone groups is 2. The van der Waals surface area contributed by atoms with Crippen LogP contribution in [-0.4, -0.2) is 45.9 Å². The zero-order valence-electron chi connectivity index (χ0n) is 16.8. The van der Waals surface area contributed by atoms with Gasteiger partial charge in [0.1, 0.15) is 0 Å². The molecule has 0 aliphatic rings. The first-order chi connectivity index (χ1) is 16.0. The summed E-state index contributed by atoms with van der Waals surface area (Å²) in [4.78, 5) is 23.8. The standard InChI is InChI=1S/C20H16Cl2N6O2S3/c21-15-5-1-13(2-6-15)9-23-25-17(29)11-31-19-27-28-20(33-19)32-12-18(30)26-24-10-14-3-7-16(22)8-4-14/h1-10H,11-12H2,(H,25,29)(H,26,30). The van der Waals surface area contributed by atoms with E-state index in [1.165, 1.54) is 47.3 Å². The fraction of sp³-hybridized carbons (Fsp3) is 0.100. The van der Waals surface area contributed by atoms with E-state index in [4.69, 9.17) is 23.2 Å². The van der Waals surface area contributed by atoms with Crippen LogP contribution in [0.3, 0.4) is 0 Å². The summed E-state index contributed by atoms with van der Waals surface area (Å²) < 4.78 is 1.24. The highest BCUT2D eigenvalue weighted by Crippen LogP contribution is 2.28. The molecule has 3 aromatic rings. The Morgan fingerprint density at radius 3 is 1.58 bits per heavy atom. The van der Waals surface area contributed by atoms with Gasteiger partial charge >= 0.3 is 0 Å². The maximum atomic E-state index is 11.9. The van der Waals surface area contributed by atoms with Crippen molar-refractivity contribution in [2.45, 2.75) is 8.68 Å². The van der Waals surface area contributed by atoms with Crippen molar-refractivity contribution in [2.75, 3.05) is 11.5 Å². The fourth-order valence-electron chi connectivity index (χ4n) is 2.09. The second kappa shape index (κ2) is 13.3. The highest BCUT2D eigenvalue weighted by atomic mass is 35.5. The van der Waals surface area contributed by atoms with E-state index in [9.17, 15) is 9.59 Å². The molecule has 0 saturated heterocycles. The summed E-state index contributed by atoms with van der Waals surface area (Å²) in [6.45, 7) is 0. The van der Waals surface area contributed by atoms with Gasteiger partial charge in [-0.2, -0.15) is 10.2 Å². The van der Waals surface area contributed by atoms with Crippen molar-refractivity contribution in [3.8, 4) is 0 Å². The number of halogens is 2. The Morgan fingerprint density at radius 1 is 0.788 bits per heavy atom. The van der Waals surface area contributed by atoms with Crippen LogP contribution < -0.4 is 10.9 Å². The molecule has 8 nitrogen and oxygen atoms in total. The van der Waals surface area contributed by atoms with Crippen LogP contribution in [0.1, 0.15) is 11.1 Å². The van der Waals surface area contributed by atoms with Crippen molar-refractivity contribution < 1.29 is 9.59 Å². The average Bonchev–Trinajstić information content (AvgIpc) is 3.27. The molecular formula is C20H16Cl2N6O2S3. The van der Waals surface area contributed by atoms with Crippen molar-refractivity contribution in [1.29, 1.82) is 0 Å². The van der Waals surface area contributed by atoms with Crippen molar-refractivity contribution >= 4 is 82.3 Å². The van der Waals surface area contributed by atoms with Crippen LogP contribution in [-0.2, 0) is 9.59 Å². The number of carbonyl (C=O) groups excluding carboxylic acids is 2. The first-order valence-corrected chi connectivity index (χ1v) is 12.8. The van der Waals surface area contributed by atoms with Gasteiger partial charge in [0.25, 0.3) is 11.8 Å². The molecule has 3 rings (SSSR count). The number of nitrogens with zero attached hydrogens (tertiary/aromatic N) is 4. The van der Waals surface area contributed by atoms with Gasteiger partial charge in [-0.3, -0.25) is 9.59 Å². The summed E-state index contributed by atoms with van der Waals surface area (Å²) in [5.74, 6) is -0.269. The van der Waals surface area contributed by atoms with E-state index in [0.717, 1.165) is 11.1 Å². The number of aromatic nitrogens is 2. The molecule has 0 spiro atoms. The summed E-state index contributed by atoms with van der Waals surface area (Å²) in [7, 11) is 0. The smallest absolute Gasteiger partial charge is 0.250 e. The zero-order valence-corrected chi connectivity index (χ0v) is 20.7. The first-order valence-electron chi connectivity index (χ1n) is 9.22. The van der Waals surface area contributed by atoms with Gasteiger partial charge in [0, 0.05) is 10.0 Å². The molecule has 0 aliphatic carbocycles. The van der Waals surface area contributed by atoms with Crippen LogP contribution >= 0.6 is 58.1 Å². The highest BCUT2D eigenvalue weighted by molar-refractivity contribution is 8.03. The second-order valence-electron chi connectivity index (χ2n) is 6.10. The Bertz CT molecular complexity index is 1050. The molecule has 13 heteroatoms. The predicted molar refractivity (Wildman–Crippen MR) is 136 cm³/mol. The molecular weight excluding hydrogens is 523 g/mol. The molecule has 1 heterocycles. The minimum Gasteiger partial charge on any atom is -0.272 e. The number of amides is 2. The van der Waals surface area contributed by atoms with Gasteiger partial charge in [-0.05, 0) is 35.4 Å². The first kappa shape index (κ1) is 25.2. The molecule has 0 atom stereocenters. The van der Waals surface area contributed by atoms with Gasteiger partial charge in [-0.15, -0.1) is 10.2 Å². The Kier molecular flexibility index (Phi) is 10.2. The number of nitrogens with one attached hydrogen (secondary N) is 2. The number of hydrogen-bond acceptors (Lipinski definition) is 9. The third kappa shape index (κ3) is 9.52. The average molecular weight is 539 g/mol. The molecule has 0 bridgehead atoms. The van der Waals surface area contributed by atoms with E-state index in [2.05, 4.69) is 31.3 Å². The summed E-state index contributed by atoms with van der Waals surface area (Å²) in [5, 5.41) is 17.1. The van der Waals surface area contributed by atoms with Gasteiger partial charge in [0.2, 0.25) is 0 Å². The van der Waals surface area contributed by atoms with Crippen LogP contribution in [0.4, 0.5) is 0 Å². The molecule has 2 aromatic carbocycles. The summed E-state index contributed by atoms with van der Waals surface area (Å²) in [6, 6.07) is 14.1. The monoisotopic (exact) mass is 538 g/mol. The molecule has 2 amide bonds. The zero-order chi connectivity index (χ0) is 23.5. The van der Waals surface area contributed by atoms with Gasteiger partial charge in [0.15, 0.2) is 8.68 Å². The van der Waals surface area contributed by atoms with Crippen molar-refractivity contribution in [3.63, 3.8) is 0 Å². The van der Waals surface area contributed by atoms with Crippen LogP contribution in [0, 0.1) is 0 Å². The fourth-order valence-corrected chi connectivity index (χ4v) is 4.95. The van der Waals surface area contributed by atoms with E-state index < -0.39 is 0 Å². The van der Waals surface area contributed by atoms with Crippen molar-refractivity contribution in [3.05, 3.63) is 69.7 Å². The molecule has 2 N–H and O–H groups in total. The SMILES string of the molecule is O=C(CSc1nnc(SCC(=O)NN=Cc2ccc(Cl)cc2)s1)NN=Cc1ccc(Cl)cc1. The van der Waals surface area contributed by atoms with E-state index >= 15 is 0 Å². The lowest BCUT2D eigenvalue weighted by Gasteiger charge is -1.98. The predicted octanol–water partition coefficient (Wildman–Crippen LogP) is 4.33. The third-order valence-corrected chi connectivity index (χ3v) is 7.28. The van der Waals surface area contributed by atoms with Gasteiger partial charge in [-0.1, -0.05) is 82.3 Å². The molecule has 0 fully saturated rings. The third-order valence-electron chi connectivity index (χ3n) is 3.59. The van der Waals surface area contributed by atoms with Crippen molar-refractivity contribution in [2.24, 2.45) is 10.2 Å².